The lowest BCUT2D eigenvalue weighted by molar-refractivity contribution is -0.389. The van der Waals surface area contributed by atoms with Gasteiger partial charge in [-0.1, -0.05) is 11.6 Å². The second kappa shape index (κ2) is 7.94. The SMILES string of the molecule is Cc1c(NC(=O)c2c(NC(=O)Cn3nc([N+](=O)[O-])c(Cl)c3C)cnn2C)cnn1C. The number of hydrogen-bond acceptors (Lipinski definition) is 7. The average Bonchev–Trinajstić information content (AvgIpc) is 3.28. The Morgan fingerprint density at radius 2 is 1.73 bits per heavy atom. The van der Waals surface area contributed by atoms with Gasteiger partial charge in [0.1, 0.15) is 12.2 Å². The molecule has 0 saturated heterocycles. The Morgan fingerprint density at radius 1 is 1.10 bits per heavy atom. The lowest BCUT2D eigenvalue weighted by atomic mass is 10.3. The van der Waals surface area contributed by atoms with Crippen LogP contribution in [0.1, 0.15) is 21.9 Å². The molecule has 3 rings (SSSR count). The van der Waals surface area contributed by atoms with E-state index in [4.69, 9.17) is 11.6 Å². The summed E-state index contributed by atoms with van der Waals surface area (Å²) in [4.78, 5) is 35.4. The van der Waals surface area contributed by atoms with Crippen LogP contribution in [0.2, 0.25) is 5.02 Å². The van der Waals surface area contributed by atoms with Gasteiger partial charge < -0.3 is 20.7 Å². The summed E-state index contributed by atoms with van der Waals surface area (Å²) in [6, 6.07) is 0. The molecule has 2 amide bonds. The minimum atomic E-state index is -0.728. The van der Waals surface area contributed by atoms with Crippen LogP contribution in [-0.2, 0) is 25.4 Å². The molecule has 3 aromatic heterocycles. The summed E-state index contributed by atoms with van der Waals surface area (Å²) in [6.07, 6.45) is 2.84. The molecule has 13 nitrogen and oxygen atoms in total. The lowest BCUT2D eigenvalue weighted by Crippen LogP contribution is -2.23. The number of nitrogens with one attached hydrogen (secondary N) is 2. The van der Waals surface area contributed by atoms with Crippen LogP contribution in [0.25, 0.3) is 0 Å². The first kappa shape index (κ1) is 21.0. The fourth-order valence-electron chi connectivity index (χ4n) is 2.71. The fourth-order valence-corrected chi connectivity index (χ4v) is 2.91. The molecule has 3 heterocycles. The predicted molar refractivity (Wildman–Crippen MR) is 106 cm³/mol. The van der Waals surface area contributed by atoms with Gasteiger partial charge in [-0.3, -0.25) is 19.0 Å². The molecule has 2 N–H and O–H groups in total. The molecule has 14 heteroatoms. The van der Waals surface area contributed by atoms with E-state index < -0.39 is 22.6 Å². The van der Waals surface area contributed by atoms with E-state index >= 15 is 0 Å². The minimum absolute atomic E-state index is 0.118. The first-order chi connectivity index (χ1) is 14.1. The van der Waals surface area contributed by atoms with Crippen LogP contribution in [0.5, 0.6) is 0 Å². The number of amides is 2. The van der Waals surface area contributed by atoms with Crippen LogP contribution in [0, 0.1) is 24.0 Å². The number of nitrogens with zero attached hydrogens (tertiary/aromatic N) is 7. The third-order valence-electron chi connectivity index (χ3n) is 4.49. The van der Waals surface area contributed by atoms with E-state index in [0.29, 0.717) is 5.69 Å². The molecule has 0 radical (unpaired) electrons. The number of aryl methyl sites for hydroxylation is 2. The smallest absolute Gasteiger partial charge is 0.358 e. The number of nitro groups is 1. The third kappa shape index (κ3) is 3.87. The Morgan fingerprint density at radius 3 is 2.30 bits per heavy atom. The van der Waals surface area contributed by atoms with E-state index in [0.717, 1.165) is 10.4 Å². The van der Waals surface area contributed by atoms with E-state index in [-0.39, 0.29) is 28.6 Å². The van der Waals surface area contributed by atoms with Gasteiger partial charge in [0.05, 0.1) is 40.3 Å². The molecular weight excluding hydrogens is 418 g/mol. The topological polar surface area (TPSA) is 155 Å². The van der Waals surface area contributed by atoms with Crippen molar-refractivity contribution >= 4 is 40.6 Å². The van der Waals surface area contributed by atoms with Crippen molar-refractivity contribution in [2.45, 2.75) is 20.4 Å². The Labute approximate surface area is 174 Å². The van der Waals surface area contributed by atoms with Gasteiger partial charge in [0, 0.05) is 14.1 Å². The molecule has 0 atom stereocenters. The van der Waals surface area contributed by atoms with Crippen LogP contribution in [0.15, 0.2) is 12.4 Å². The molecule has 0 spiro atoms. The molecule has 0 aliphatic rings. The molecular formula is C16H18ClN9O4. The van der Waals surface area contributed by atoms with Gasteiger partial charge >= 0.3 is 5.82 Å². The number of halogens is 1. The van der Waals surface area contributed by atoms with Gasteiger partial charge in [0.15, 0.2) is 5.02 Å². The molecule has 30 heavy (non-hydrogen) atoms. The summed E-state index contributed by atoms with van der Waals surface area (Å²) in [7, 11) is 3.30. The Hall–Kier alpha value is -3.74. The van der Waals surface area contributed by atoms with Gasteiger partial charge in [-0.15, -0.1) is 0 Å². The molecule has 0 unspecified atom stereocenters. The molecule has 0 bridgehead atoms. The molecule has 158 valence electrons. The van der Waals surface area contributed by atoms with Crippen LogP contribution in [0.4, 0.5) is 17.2 Å². The fraction of sp³-hybridized carbons (Fsp3) is 0.312. The van der Waals surface area contributed by atoms with Crippen molar-refractivity contribution in [3.8, 4) is 0 Å². The largest absolute Gasteiger partial charge is 0.408 e. The number of aromatic nitrogens is 6. The van der Waals surface area contributed by atoms with Crippen molar-refractivity contribution < 1.29 is 14.5 Å². The molecule has 0 aliphatic carbocycles. The number of rotatable bonds is 6. The highest BCUT2D eigenvalue weighted by molar-refractivity contribution is 6.33. The summed E-state index contributed by atoms with van der Waals surface area (Å²) < 4.78 is 4.04. The van der Waals surface area contributed by atoms with Gasteiger partial charge in [-0.05, 0) is 18.8 Å². The number of carbonyl (C=O) groups is 2. The van der Waals surface area contributed by atoms with E-state index in [9.17, 15) is 19.7 Å². The second-order valence-corrected chi connectivity index (χ2v) is 6.82. The van der Waals surface area contributed by atoms with Gasteiger partial charge in [-0.2, -0.15) is 14.9 Å². The lowest BCUT2D eigenvalue weighted by Gasteiger charge is -2.08. The molecule has 3 aromatic rings. The molecule has 0 aromatic carbocycles. The summed E-state index contributed by atoms with van der Waals surface area (Å²) in [5.74, 6) is -1.59. The maximum atomic E-state index is 12.7. The average molecular weight is 436 g/mol. The summed E-state index contributed by atoms with van der Waals surface area (Å²) >= 11 is 5.88. The van der Waals surface area contributed by atoms with Crippen molar-refractivity contribution in [3.63, 3.8) is 0 Å². The van der Waals surface area contributed by atoms with Crippen molar-refractivity contribution in [3.05, 3.63) is 44.6 Å². The van der Waals surface area contributed by atoms with Crippen molar-refractivity contribution in [2.75, 3.05) is 10.6 Å². The van der Waals surface area contributed by atoms with Crippen molar-refractivity contribution in [1.82, 2.24) is 29.3 Å². The highest BCUT2D eigenvalue weighted by atomic mass is 35.5. The Kier molecular flexibility index (Phi) is 5.56. The predicted octanol–water partition coefficient (Wildman–Crippen LogP) is 1.42. The first-order valence-corrected chi connectivity index (χ1v) is 8.97. The molecule has 0 saturated carbocycles. The maximum absolute atomic E-state index is 12.7. The highest BCUT2D eigenvalue weighted by Crippen LogP contribution is 2.26. The number of anilines is 2. The summed E-state index contributed by atoms with van der Waals surface area (Å²) in [5.41, 5.74) is 1.84. The quantitative estimate of drug-likeness (QED) is 0.438. The van der Waals surface area contributed by atoms with Crippen molar-refractivity contribution in [1.29, 1.82) is 0 Å². The summed E-state index contributed by atoms with van der Waals surface area (Å²) in [5, 5.41) is 27.9. The monoisotopic (exact) mass is 435 g/mol. The number of carbonyl (C=O) groups excluding carboxylic acids is 2. The maximum Gasteiger partial charge on any atom is 0.408 e. The van der Waals surface area contributed by atoms with Crippen molar-refractivity contribution in [2.24, 2.45) is 14.1 Å². The third-order valence-corrected chi connectivity index (χ3v) is 4.94. The van der Waals surface area contributed by atoms with E-state index in [1.54, 1.807) is 25.7 Å². The van der Waals surface area contributed by atoms with Crippen LogP contribution in [-0.4, -0.2) is 46.1 Å². The molecule has 0 fully saturated rings. The Balaban J connectivity index is 1.77. The van der Waals surface area contributed by atoms with Gasteiger partial charge in [0.25, 0.3) is 5.91 Å². The Bertz CT molecular complexity index is 1160. The minimum Gasteiger partial charge on any atom is -0.358 e. The highest BCUT2D eigenvalue weighted by Gasteiger charge is 2.26. The van der Waals surface area contributed by atoms with Gasteiger partial charge in [0.2, 0.25) is 5.91 Å². The van der Waals surface area contributed by atoms with E-state index in [1.165, 1.54) is 24.0 Å². The normalized spacial score (nSPS) is 10.8. The summed E-state index contributed by atoms with van der Waals surface area (Å²) in [6.45, 7) is 2.97. The standard InChI is InChI=1S/C16H18ClN9O4/c1-8-10(5-18-23(8)3)21-16(28)14-11(6-19-24(14)4)20-12(27)7-25-9(2)13(17)15(22-25)26(29)30/h5-6H,7H2,1-4H3,(H,20,27)(H,21,28). The zero-order valence-electron chi connectivity index (χ0n) is 16.5. The van der Waals surface area contributed by atoms with E-state index in [2.05, 4.69) is 25.9 Å². The van der Waals surface area contributed by atoms with Crippen LogP contribution < -0.4 is 10.6 Å². The zero-order valence-corrected chi connectivity index (χ0v) is 17.3. The number of hydrogen-bond donors (Lipinski definition) is 2. The first-order valence-electron chi connectivity index (χ1n) is 8.59. The second-order valence-electron chi connectivity index (χ2n) is 6.44. The zero-order chi connectivity index (χ0) is 22.2. The van der Waals surface area contributed by atoms with Gasteiger partial charge in [-0.25, -0.2) is 0 Å². The van der Waals surface area contributed by atoms with Crippen LogP contribution >= 0.6 is 11.6 Å². The molecule has 0 aliphatic heterocycles. The van der Waals surface area contributed by atoms with E-state index in [1.807, 2.05) is 0 Å². The van der Waals surface area contributed by atoms with Crippen LogP contribution in [0.3, 0.4) is 0 Å².